The highest BCUT2D eigenvalue weighted by molar-refractivity contribution is 7.86. The zero-order valence-corrected chi connectivity index (χ0v) is 8.22. The summed E-state index contributed by atoms with van der Waals surface area (Å²) in [5.41, 5.74) is 0. The molecule has 0 atom stereocenters. The van der Waals surface area contributed by atoms with Gasteiger partial charge in [-0.2, -0.15) is 8.42 Å². The van der Waals surface area contributed by atoms with Crippen molar-refractivity contribution in [3.8, 4) is 0 Å². The van der Waals surface area contributed by atoms with Gasteiger partial charge in [0.1, 0.15) is 0 Å². The molecule has 6 heteroatoms. The quantitative estimate of drug-likeness (QED) is 0.614. The molecule has 0 spiro atoms. The highest BCUT2D eigenvalue weighted by atomic mass is 32.3. The minimum absolute atomic E-state index is 0.360. The van der Waals surface area contributed by atoms with Crippen LogP contribution in [0.2, 0.25) is 0 Å². The van der Waals surface area contributed by atoms with Gasteiger partial charge in [-0.15, -0.1) is 3.89 Å². The molecule has 0 amide bonds. The largest absolute Gasteiger partial charge is 0.379 e. The molecule has 0 aromatic carbocycles. The number of ether oxygens (including phenoxy) is 1. The summed E-state index contributed by atoms with van der Waals surface area (Å²) in [6, 6.07) is 0. The van der Waals surface area contributed by atoms with Crippen LogP contribution in [0.5, 0.6) is 0 Å². The summed E-state index contributed by atoms with van der Waals surface area (Å²) in [4.78, 5) is 2.08. The van der Waals surface area contributed by atoms with Gasteiger partial charge in [-0.25, -0.2) is 0 Å². The van der Waals surface area contributed by atoms with Gasteiger partial charge in [0.05, 0.1) is 19.0 Å². The lowest BCUT2D eigenvalue weighted by atomic mass is 10.4. The summed E-state index contributed by atoms with van der Waals surface area (Å²) in [5, 5.41) is 0. The van der Waals surface area contributed by atoms with Crippen molar-refractivity contribution in [3.63, 3.8) is 0 Å². The normalized spacial score (nSPS) is 20.4. The Morgan fingerprint density at radius 1 is 1.31 bits per heavy atom. The minimum atomic E-state index is -4.28. The number of nitrogens with zero attached hydrogens (tertiary/aromatic N) is 1. The summed E-state index contributed by atoms with van der Waals surface area (Å²) < 4.78 is 37.5. The first kappa shape index (κ1) is 10.9. The lowest BCUT2D eigenvalue weighted by molar-refractivity contribution is 0.0380. The van der Waals surface area contributed by atoms with Crippen LogP contribution in [-0.2, 0) is 15.0 Å². The molecule has 78 valence electrons. The molecule has 0 radical (unpaired) electrons. The average molecular weight is 211 g/mol. The predicted molar refractivity (Wildman–Crippen MR) is 46.8 cm³/mol. The van der Waals surface area contributed by atoms with E-state index in [-0.39, 0.29) is 5.75 Å². The van der Waals surface area contributed by atoms with Gasteiger partial charge in [-0.3, -0.25) is 4.90 Å². The Bertz CT molecular complexity index is 236. The van der Waals surface area contributed by atoms with Crippen molar-refractivity contribution in [2.75, 3.05) is 38.6 Å². The van der Waals surface area contributed by atoms with Gasteiger partial charge in [0.15, 0.2) is 0 Å². The molecule has 1 aliphatic heterocycles. The van der Waals surface area contributed by atoms with E-state index in [2.05, 4.69) is 4.90 Å². The van der Waals surface area contributed by atoms with E-state index in [4.69, 9.17) is 4.74 Å². The lowest BCUT2D eigenvalue weighted by Gasteiger charge is -2.26. The van der Waals surface area contributed by atoms with Crippen molar-refractivity contribution in [1.29, 1.82) is 0 Å². The second kappa shape index (κ2) is 4.88. The fraction of sp³-hybridized carbons (Fsp3) is 1.00. The maximum absolute atomic E-state index is 12.1. The van der Waals surface area contributed by atoms with Crippen LogP contribution in [0.3, 0.4) is 0 Å². The molecule has 1 saturated heterocycles. The van der Waals surface area contributed by atoms with Crippen molar-refractivity contribution in [1.82, 2.24) is 4.90 Å². The molecule has 4 nitrogen and oxygen atoms in total. The van der Waals surface area contributed by atoms with Crippen LogP contribution >= 0.6 is 0 Å². The second-order valence-corrected chi connectivity index (χ2v) is 4.54. The highest BCUT2D eigenvalue weighted by Crippen LogP contribution is 2.00. The maximum Gasteiger partial charge on any atom is 0.302 e. The third-order valence-corrected chi connectivity index (χ3v) is 2.74. The van der Waals surface area contributed by atoms with Crippen LogP contribution < -0.4 is 0 Å². The van der Waals surface area contributed by atoms with Crippen molar-refractivity contribution in [2.45, 2.75) is 6.42 Å². The van der Waals surface area contributed by atoms with Gasteiger partial charge in [0, 0.05) is 13.1 Å². The van der Waals surface area contributed by atoms with Crippen molar-refractivity contribution >= 4 is 10.2 Å². The SMILES string of the molecule is O=S(=O)(F)CCCN1CCOCC1. The third kappa shape index (κ3) is 5.17. The van der Waals surface area contributed by atoms with Gasteiger partial charge in [0.2, 0.25) is 0 Å². The van der Waals surface area contributed by atoms with Gasteiger partial charge < -0.3 is 4.74 Å². The molecule has 0 bridgehead atoms. The van der Waals surface area contributed by atoms with E-state index in [0.717, 1.165) is 13.1 Å². The molecule has 0 saturated carbocycles. The number of halogens is 1. The molecule has 1 fully saturated rings. The average Bonchev–Trinajstić information content (AvgIpc) is 2.04. The Kier molecular flexibility index (Phi) is 4.08. The van der Waals surface area contributed by atoms with Gasteiger partial charge in [0.25, 0.3) is 0 Å². The van der Waals surface area contributed by atoms with E-state index < -0.39 is 10.2 Å². The smallest absolute Gasteiger partial charge is 0.302 e. The van der Waals surface area contributed by atoms with Crippen LogP contribution in [0.15, 0.2) is 0 Å². The lowest BCUT2D eigenvalue weighted by Crippen LogP contribution is -2.37. The predicted octanol–water partition coefficient (Wildman–Crippen LogP) is 0.00800. The summed E-state index contributed by atoms with van der Waals surface area (Å²) in [6.07, 6.45) is 0.360. The van der Waals surface area contributed by atoms with Gasteiger partial charge in [-0.05, 0) is 13.0 Å². The zero-order valence-electron chi connectivity index (χ0n) is 7.41. The van der Waals surface area contributed by atoms with Crippen LogP contribution in [0, 0.1) is 0 Å². The van der Waals surface area contributed by atoms with E-state index in [1.165, 1.54) is 0 Å². The molecule has 1 heterocycles. The topological polar surface area (TPSA) is 46.6 Å². The van der Waals surface area contributed by atoms with E-state index in [9.17, 15) is 12.3 Å². The summed E-state index contributed by atoms with van der Waals surface area (Å²) in [7, 11) is -4.28. The molecule has 0 N–H and O–H groups in total. The fourth-order valence-electron chi connectivity index (χ4n) is 1.29. The molecule has 1 aliphatic rings. The number of rotatable bonds is 4. The molecule has 0 aromatic heterocycles. The zero-order chi connectivity index (χ0) is 9.73. The van der Waals surface area contributed by atoms with E-state index in [0.29, 0.717) is 26.2 Å². The fourth-order valence-corrected chi connectivity index (χ4v) is 1.76. The molecule has 0 aromatic rings. The Balaban J connectivity index is 2.11. The van der Waals surface area contributed by atoms with E-state index in [1.807, 2.05) is 0 Å². The standard InChI is InChI=1S/C7H14FNO3S/c8-13(10,11)7-1-2-9-3-5-12-6-4-9/h1-7H2. The number of hydrogen-bond acceptors (Lipinski definition) is 4. The van der Waals surface area contributed by atoms with Gasteiger partial charge >= 0.3 is 10.2 Å². The molecular formula is C7H14FNO3S. The van der Waals surface area contributed by atoms with E-state index in [1.54, 1.807) is 0 Å². The number of morpholine rings is 1. The Morgan fingerprint density at radius 2 is 1.92 bits per heavy atom. The number of hydrogen-bond donors (Lipinski definition) is 0. The van der Waals surface area contributed by atoms with Crippen LogP contribution in [0.25, 0.3) is 0 Å². The monoisotopic (exact) mass is 211 g/mol. The molecular weight excluding hydrogens is 197 g/mol. The molecule has 13 heavy (non-hydrogen) atoms. The first-order chi connectivity index (χ1) is 6.08. The van der Waals surface area contributed by atoms with Crippen molar-refractivity contribution in [2.24, 2.45) is 0 Å². The summed E-state index contributed by atoms with van der Waals surface area (Å²) in [6.45, 7) is 3.62. The molecule has 0 aliphatic carbocycles. The maximum atomic E-state index is 12.1. The highest BCUT2D eigenvalue weighted by Gasteiger charge is 2.12. The Labute approximate surface area is 77.9 Å². The summed E-state index contributed by atoms with van der Waals surface area (Å²) >= 11 is 0. The van der Waals surface area contributed by atoms with Gasteiger partial charge in [-0.1, -0.05) is 0 Å². The second-order valence-electron chi connectivity index (χ2n) is 3.05. The summed E-state index contributed by atoms with van der Waals surface area (Å²) in [5.74, 6) is -0.371. The molecule has 0 unspecified atom stereocenters. The third-order valence-electron chi connectivity index (χ3n) is 1.97. The van der Waals surface area contributed by atoms with Crippen molar-refractivity contribution in [3.05, 3.63) is 0 Å². The van der Waals surface area contributed by atoms with Crippen LogP contribution in [0.4, 0.5) is 3.89 Å². The molecule has 1 rings (SSSR count). The van der Waals surface area contributed by atoms with E-state index >= 15 is 0 Å². The van der Waals surface area contributed by atoms with Crippen molar-refractivity contribution < 1.29 is 17.0 Å². The van der Waals surface area contributed by atoms with Crippen LogP contribution in [0.1, 0.15) is 6.42 Å². The first-order valence-corrected chi connectivity index (χ1v) is 5.85. The Hall–Kier alpha value is -0.200. The van der Waals surface area contributed by atoms with Crippen LogP contribution in [-0.4, -0.2) is 51.9 Å². The first-order valence-electron chi connectivity index (χ1n) is 4.30. The Morgan fingerprint density at radius 3 is 2.46 bits per heavy atom. The minimum Gasteiger partial charge on any atom is -0.379 e.